The van der Waals surface area contributed by atoms with Gasteiger partial charge >= 0.3 is 5.97 Å². The van der Waals surface area contributed by atoms with Gasteiger partial charge in [0, 0.05) is 6.42 Å². The van der Waals surface area contributed by atoms with Crippen LogP contribution in [0.25, 0.3) is 0 Å². The summed E-state index contributed by atoms with van der Waals surface area (Å²) in [5.41, 5.74) is 0. The molecule has 0 fully saturated rings. The third kappa shape index (κ3) is 19.2. The quantitative estimate of drug-likeness (QED) is 0.164. The highest BCUT2D eigenvalue weighted by Gasteiger charge is 1.98. The molecule has 0 aromatic carbocycles. The predicted octanol–water partition coefficient (Wildman–Crippen LogP) is 6.98. The van der Waals surface area contributed by atoms with Crippen LogP contribution in [0, 0.1) is 0 Å². The van der Waals surface area contributed by atoms with Crippen molar-refractivity contribution in [2.24, 2.45) is 0 Å². The Bertz CT molecular complexity index is 271. The Morgan fingerprint density at radius 1 is 0.696 bits per heavy atom. The Morgan fingerprint density at radius 2 is 1.13 bits per heavy atom. The van der Waals surface area contributed by atoms with Crippen molar-refractivity contribution in [1.82, 2.24) is 0 Å². The largest absolute Gasteiger partial charge is 0.469 e. The summed E-state index contributed by atoms with van der Waals surface area (Å²) in [5, 5.41) is 0. The number of rotatable bonds is 17. The van der Waals surface area contributed by atoms with Gasteiger partial charge in [-0.05, 0) is 32.1 Å². The number of hydrogen-bond donors (Lipinski definition) is 0. The molecule has 2 heteroatoms. The Morgan fingerprint density at radius 3 is 1.61 bits per heavy atom. The molecule has 0 aromatic heterocycles. The van der Waals surface area contributed by atoms with E-state index in [1.807, 2.05) is 0 Å². The standard InChI is InChI=1S/C21H40O2/c1-3-4-5-6-7-8-9-10-11-12-13-14-15-16-17-18-19-20-21(22)23-2/h12-13H,3-11,14-20H2,1-2H3/b13-12+. The number of carbonyl (C=O) groups excluding carboxylic acids is 1. The van der Waals surface area contributed by atoms with E-state index in [9.17, 15) is 4.79 Å². The Hall–Kier alpha value is -0.790. The van der Waals surface area contributed by atoms with Crippen molar-refractivity contribution in [3.8, 4) is 0 Å². The molecule has 0 rings (SSSR count). The van der Waals surface area contributed by atoms with Crippen LogP contribution in [0.15, 0.2) is 12.2 Å². The lowest BCUT2D eigenvalue weighted by atomic mass is 10.1. The highest BCUT2D eigenvalue weighted by atomic mass is 16.5. The molecule has 0 aromatic rings. The van der Waals surface area contributed by atoms with E-state index in [1.54, 1.807) is 0 Å². The molecular formula is C21H40O2. The fourth-order valence-corrected chi connectivity index (χ4v) is 2.80. The number of hydrogen-bond acceptors (Lipinski definition) is 2. The summed E-state index contributed by atoms with van der Waals surface area (Å²) < 4.78 is 4.63. The first-order chi connectivity index (χ1) is 11.3. The minimum Gasteiger partial charge on any atom is -0.469 e. The lowest BCUT2D eigenvalue weighted by Gasteiger charge is -2.00. The molecule has 2 nitrogen and oxygen atoms in total. The molecule has 0 N–H and O–H groups in total. The number of ether oxygens (including phenoxy) is 1. The van der Waals surface area contributed by atoms with Crippen molar-refractivity contribution in [2.45, 2.75) is 110 Å². The fraction of sp³-hybridized carbons (Fsp3) is 0.857. The molecule has 0 radical (unpaired) electrons. The van der Waals surface area contributed by atoms with Crippen molar-refractivity contribution in [2.75, 3.05) is 7.11 Å². The maximum atomic E-state index is 10.9. The van der Waals surface area contributed by atoms with Crippen molar-refractivity contribution in [3.63, 3.8) is 0 Å². The summed E-state index contributed by atoms with van der Waals surface area (Å²) in [5.74, 6) is -0.0751. The molecule has 0 saturated heterocycles. The third-order valence-electron chi connectivity index (χ3n) is 4.37. The first-order valence-electron chi connectivity index (χ1n) is 10.0. The molecule has 0 heterocycles. The van der Waals surface area contributed by atoms with E-state index >= 15 is 0 Å². The first kappa shape index (κ1) is 22.2. The van der Waals surface area contributed by atoms with Gasteiger partial charge in [-0.1, -0.05) is 83.3 Å². The van der Waals surface area contributed by atoms with Crippen LogP contribution in [-0.4, -0.2) is 13.1 Å². The number of allylic oxidation sites excluding steroid dienone is 2. The minimum atomic E-state index is -0.0751. The van der Waals surface area contributed by atoms with Gasteiger partial charge in [0.1, 0.15) is 0 Å². The van der Waals surface area contributed by atoms with Crippen LogP contribution in [0.2, 0.25) is 0 Å². The second kappa shape index (κ2) is 19.3. The van der Waals surface area contributed by atoms with E-state index in [0.717, 1.165) is 12.8 Å². The average molecular weight is 325 g/mol. The molecule has 0 aliphatic heterocycles. The molecule has 0 spiro atoms. The highest BCUT2D eigenvalue weighted by molar-refractivity contribution is 5.68. The van der Waals surface area contributed by atoms with Gasteiger partial charge in [-0.3, -0.25) is 4.79 Å². The molecule has 136 valence electrons. The number of methoxy groups -OCH3 is 1. The van der Waals surface area contributed by atoms with Crippen LogP contribution in [0.3, 0.4) is 0 Å². The topological polar surface area (TPSA) is 26.3 Å². The molecule has 23 heavy (non-hydrogen) atoms. The second-order valence-corrected chi connectivity index (χ2v) is 6.62. The molecule has 0 amide bonds. The normalized spacial score (nSPS) is 11.2. The van der Waals surface area contributed by atoms with Gasteiger partial charge in [0.05, 0.1) is 7.11 Å². The van der Waals surface area contributed by atoms with Gasteiger partial charge in [-0.25, -0.2) is 0 Å². The third-order valence-corrected chi connectivity index (χ3v) is 4.37. The van der Waals surface area contributed by atoms with Crippen LogP contribution >= 0.6 is 0 Å². The SMILES string of the molecule is CCCCCCCCCC/C=C/CCCCCCCC(=O)OC. The van der Waals surface area contributed by atoms with Gasteiger partial charge in [0.25, 0.3) is 0 Å². The second-order valence-electron chi connectivity index (χ2n) is 6.62. The summed E-state index contributed by atoms with van der Waals surface area (Å²) in [6, 6.07) is 0. The Balaban J connectivity index is 3.10. The summed E-state index contributed by atoms with van der Waals surface area (Å²) in [4.78, 5) is 10.9. The zero-order valence-corrected chi connectivity index (χ0v) is 15.8. The van der Waals surface area contributed by atoms with E-state index in [-0.39, 0.29) is 5.97 Å². The molecule has 0 aliphatic carbocycles. The molecular weight excluding hydrogens is 284 g/mol. The number of unbranched alkanes of at least 4 members (excludes halogenated alkanes) is 13. The van der Waals surface area contributed by atoms with E-state index in [2.05, 4.69) is 23.8 Å². The van der Waals surface area contributed by atoms with Crippen LogP contribution in [-0.2, 0) is 9.53 Å². The molecule has 0 atom stereocenters. The Labute approximate surface area is 145 Å². The van der Waals surface area contributed by atoms with Crippen molar-refractivity contribution >= 4 is 5.97 Å². The van der Waals surface area contributed by atoms with Gasteiger partial charge in [0.2, 0.25) is 0 Å². The van der Waals surface area contributed by atoms with Crippen LogP contribution in [0.4, 0.5) is 0 Å². The smallest absolute Gasteiger partial charge is 0.305 e. The van der Waals surface area contributed by atoms with Crippen molar-refractivity contribution in [3.05, 3.63) is 12.2 Å². The minimum absolute atomic E-state index is 0.0751. The van der Waals surface area contributed by atoms with E-state index in [0.29, 0.717) is 6.42 Å². The first-order valence-corrected chi connectivity index (χ1v) is 10.0. The maximum Gasteiger partial charge on any atom is 0.305 e. The summed E-state index contributed by atoms with van der Waals surface area (Å²) in [6.07, 6.45) is 24.9. The van der Waals surface area contributed by atoms with Crippen LogP contribution in [0.1, 0.15) is 110 Å². The van der Waals surface area contributed by atoms with E-state index in [1.165, 1.54) is 90.6 Å². The van der Waals surface area contributed by atoms with Gasteiger partial charge < -0.3 is 4.74 Å². The summed E-state index contributed by atoms with van der Waals surface area (Å²) in [7, 11) is 1.46. The molecule has 0 saturated carbocycles. The van der Waals surface area contributed by atoms with Crippen molar-refractivity contribution < 1.29 is 9.53 Å². The summed E-state index contributed by atoms with van der Waals surface area (Å²) in [6.45, 7) is 2.28. The zero-order chi connectivity index (χ0) is 17.0. The lowest BCUT2D eigenvalue weighted by Crippen LogP contribution is -1.98. The fourth-order valence-electron chi connectivity index (χ4n) is 2.80. The lowest BCUT2D eigenvalue weighted by molar-refractivity contribution is -0.140. The number of esters is 1. The van der Waals surface area contributed by atoms with Gasteiger partial charge in [-0.15, -0.1) is 0 Å². The highest BCUT2D eigenvalue weighted by Crippen LogP contribution is 2.11. The maximum absolute atomic E-state index is 10.9. The van der Waals surface area contributed by atoms with E-state index < -0.39 is 0 Å². The van der Waals surface area contributed by atoms with Gasteiger partial charge in [0.15, 0.2) is 0 Å². The average Bonchev–Trinajstić information content (AvgIpc) is 2.57. The van der Waals surface area contributed by atoms with Crippen LogP contribution in [0.5, 0.6) is 0 Å². The zero-order valence-electron chi connectivity index (χ0n) is 15.8. The summed E-state index contributed by atoms with van der Waals surface area (Å²) >= 11 is 0. The Kier molecular flexibility index (Phi) is 18.6. The van der Waals surface area contributed by atoms with Crippen LogP contribution < -0.4 is 0 Å². The molecule has 0 unspecified atom stereocenters. The van der Waals surface area contributed by atoms with E-state index in [4.69, 9.17) is 0 Å². The monoisotopic (exact) mass is 324 g/mol. The molecule has 0 bridgehead atoms. The molecule has 0 aliphatic rings. The number of carbonyl (C=O) groups is 1. The van der Waals surface area contributed by atoms with Gasteiger partial charge in [-0.2, -0.15) is 0 Å². The van der Waals surface area contributed by atoms with Crippen molar-refractivity contribution in [1.29, 1.82) is 0 Å². The predicted molar refractivity (Wildman–Crippen MR) is 101 cm³/mol.